The summed E-state index contributed by atoms with van der Waals surface area (Å²) in [6.45, 7) is 2.63. The van der Waals surface area contributed by atoms with Gasteiger partial charge < -0.3 is 9.47 Å². The second-order valence-electron chi connectivity index (χ2n) is 7.52. The van der Waals surface area contributed by atoms with Gasteiger partial charge in [-0.25, -0.2) is 0 Å². The van der Waals surface area contributed by atoms with Crippen molar-refractivity contribution >= 4 is 16.6 Å². The van der Waals surface area contributed by atoms with Gasteiger partial charge in [-0.3, -0.25) is 14.7 Å². The van der Waals surface area contributed by atoms with Crippen LogP contribution in [0.25, 0.3) is 10.8 Å². The Morgan fingerprint density at radius 3 is 2.83 bits per heavy atom. The highest BCUT2D eigenvalue weighted by atomic mass is 16.5. The van der Waals surface area contributed by atoms with E-state index in [-0.39, 0.29) is 11.7 Å². The quantitative estimate of drug-likeness (QED) is 0.586. The summed E-state index contributed by atoms with van der Waals surface area (Å²) in [5.41, 5.74) is 1.97. The molecule has 1 aliphatic rings. The number of Topliss-reactive ketones (excluding diaryl/α,β-unsaturated/α-hetero) is 1. The molecule has 5 nitrogen and oxygen atoms in total. The summed E-state index contributed by atoms with van der Waals surface area (Å²) >= 11 is 0. The summed E-state index contributed by atoms with van der Waals surface area (Å²) in [6, 6.07) is 13.8. The van der Waals surface area contributed by atoms with Crippen LogP contribution in [0.15, 0.2) is 54.9 Å². The van der Waals surface area contributed by atoms with Gasteiger partial charge in [0.05, 0.1) is 14.2 Å². The molecule has 150 valence electrons. The fourth-order valence-electron chi connectivity index (χ4n) is 4.21. The molecule has 1 aliphatic heterocycles. The van der Waals surface area contributed by atoms with Crippen LogP contribution < -0.4 is 9.47 Å². The minimum atomic E-state index is -0.00139. The van der Waals surface area contributed by atoms with Crippen LogP contribution in [0.2, 0.25) is 0 Å². The van der Waals surface area contributed by atoms with Crippen molar-refractivity contribution in [2.45, 2.75) is 19.4 Å². The first-order valence-corrected chi connectivity index (χ1v) is 10.00. The van der Waals surface area contributed by atoms with Crippen LogP contribution in [0, 0.1) is 5.92 Å². The van der Waals surface area contributed by atoms with Crippen molar-refractivity contribution in [3.05, 3.63) is 66.0 Å². The molecule has 1 saturated heterocycles. The maximum atomic E-state index is 13.1. The summed E-state index contributed by atoms with van der Waals surface area (Å²) in [7, 11) is 3.19. The van der Waals surface area contributed by atoms with Crippen LogP contribution >= 0.6 is 0 Å². The van der Waals surface area contributed by atoms with Gasteiger partial charge in [-0.1, -0.05) is 18.2 Å². The lowest BCUT2D eigenvalue weighted by Crippen LogP contribution is -2.38. The molecule has 0 amide bonds. The second-order valence-corrected chi connectivity index (χ2v) is 7.52. The molecule has 0 spiro atoms. The first-order valence-electron chi connectivity index (χ1n) is 10.00. The number of hydrogen-bond donors (Lipinski definition) is 0. The number of pyridine rings is 1. The number of ether oxygens (including phenoxy) is 2. The van der Waals surface area contributed by atoms with E-state index in [0.717, 1.165) is 37.9 Å². The highest BCUT2D eigenvalue weighted by Gasteiger charge is 2.27. The molecule has 0 N–H and O–H groups in total. The maximum Gasteiger partial charge on any atom is 0.167 e. The Morgan fingerprint density at radius 1 is 1.14 bits per heavy atom. The van der Waals surface area contributed by atoms with E-state index in [0.29, 0.717) is 17.1 Å². The van der Waals surface area contributed by atoms with E-state index in [1.54, 1.807) is 26.4 Å². The Balaban J connectivity index is 1.50. The number of rotatable bonds is 6. The van der Waals surface area contributed by atoms with Gasteiger partial charge in [0.1, 0.15) is 0 Å². The Hall–Kier alpha value is -2.92. The summed E-state index contributed by atoms with van der Waals surface area (Å²) in [6.07, 6.45) is 5.68. The number of benzene rings is 2. The van der Waals surface area contributed by atoms with Gasteiger partial charge in [0.15, 0.2) is 17.3 Å². The smallest absolute Gasteiger partial charge is 0.167 e. The molecular formula is C24H26N2O3. The molecule has 0 bridgehead atoms. The van der Waals surface area contributed by atoms with Crippen LogP contribution in [0.1, 0.15) is 28.8 Å². The highest BCUT2D eigenvalue weighted by molar-refractivity contribution is 5.98. The third kappa shape index (κ3) is 4.10. The van der Waals surface area contributed by atoms with Crippen LogP contribution in [-0.4, -0.2) is 43.0 Å². The normalized spacial score (nSPS) is 17.2. The predicted octanol–water partition coefficient (Wildman–Crippen LogP) is 4.35. The lowest BCUT2D eigenvalue weighted by atomic mass is 9.89. The SMILES string of the molecule is COc1ccc(C(=O)[C@@H]2CCCN(Cc3cccc4cnccc34)C2)cc1OC. The van der Waals surface area contributed by atoms with Gasteiger partial charge in [-0.05, 0) is 54.6 Å². The van der Waals surface area contributed by atoms with Gasteiger partial charge in [-0.15, -0.1) is 0 Å². The molecule has 0 aliphatic carbocycles. The molecule has 1 atom stereocenters. The molecule has 1 fully saturated rings. The summed E-state index contributed by atoms with van der Waals surface area (Å²) in [5, 5.41) is 2.39. The first-order chi connectivity index (χ1) is 14.2. The Morgan fingerprint density at radius 2 is 2.00 bits per heavy atom. The molecule has 1 aromatic heterocycles. The average molecular weight is 390 g/mol. The number of hydrogen-bond acceptors (Lipinski definition) is 5. The summed E-state index contributed by atoms with van der Waals surface area (Å²) < 4.78 is 10.6. The largest absolute Gasteiger partial charge is 0.493 e. The standard InChI is InChI=1S/C24H26N2O3/c1-28-22-9-8-17(13-23(22)29-2)24(27)20-7-4-12-26(16-20)15-19-6-3-5-18-14-25-11-10-21(18)19/h3,5-6,8-11,13-14,20H,4,7,12,15-16H2,1-2H3/t20-/m1/s1. The number of piperidine rings is 1. The third-order valence-corrected chi connectivity index (χ3v) is 5.71. The van der Waals surface area contributed by atoms with Gasteiger partial charge in [0.25, 0.3) is 0 Å². The zero-order chi connectivity index (χ0) is 20.2. The first kappa shape index (κ1) is 19.4. The molecular weight excluding hydrogens is 364 g/mol. The number of nitrogens with zero attached hydrogens (tertiary/aromatic N) is 2. The number of fused-ring (bicyclic) bond motifs is 1. The van der Waals surface area contributed by atoms with Crippen LogP contribution in [-0.2, 0) is 6.54 Å². The van der Waals surface area contributed by atoms with E-state index in [1.165, 1.54) is 10.9 Å². The van der Waals surface area contributed by atoms with Crippen molar-refractivity contribution in [1.29, 1.82) is 0 Å². The zero-order valence-electron chi connectivity index (χ0n) is 16.9. The van der Waals surface area contributed by atoms with Crippen LogP contribution in [0.3, 0.4) is 0 Å². The third-order valence-electron chi connectivity index (χ3n) is 5.71. The average Bonchev–Trinajstić information content (AvgIpc) is 2.78. The number of ketones is 1. The highest BCUT2D eigenvalue weighted by Crippen LogP contribution is 2.30. The van der Waals surface area contributed by atoms with E-state index in [2.05, 4.69) is 34.1 Å². The van der Waals surface area contributed by atoms with Crippen LogP contribution in [0.5, 0.6) is 11.5 Å². The van der Waals surface area contributed by atoms with Crippen LogP contribution in [0.4, 0.5) is 0 Å². The number of carbonyl (C=O) groups is 1. The maximum absolute atomic E-state index is 13.1. The molecule has 2 aromatic carbocycles. The van der Waals surface area contributed by atoms with Crippen molar-refractivity contribution in [2.75, 3.05) is 27.3 Å². The van der Waals surface area contributed by atoms with E-state index >= 15 is 0 Å². The van der Waals surface area contributed by atoms with Gasteiger partial charge >= 0.3 is 0 Å². The van der Waals surface area contributed by atoms with Crippen molar-refractivity contribution < 1.29 is 14.3 Å². The monoisotopic (exact) mass is 390 g/mol. The molecule has 5 heteroatoms. The van der Waals surface area contributed by atoms with Crippen molar-refractivity contribution in [3.63, 3.8) is 0 Å². The van der Waals surface area contributed by atoms with Gasteiger partial charge in [0.2, 0.25) is 0 Å². The van der Waals surface area contributed by atoms with Crippen molar-refractivity contribution in [3.8, 4) is 11.5 Å². The van der Waals surface area contributed by atoms with Crippen molar-refractivity contribution in [1.82, 2.24) is 9.88 Å². The second kappa shape index (κ2) is 8.62. The molecule has 0 unspecified atom stereocenters. The lowest BCUT2D eigenvalue weighted by molar-refractivity contribution is 0.0811. The lowest BCUT2D eigenvalue weighted by Gasteiger charge is -2.32. The Kier molecular flexibility index (Phi) is 5.76. The number of methoxy groups -OCH3 is 2. The molecule has 4 rings (SSSR count). The molecule has 3 aromatic rings. The summed E-state index contributed by atoms with van der Waals surface area (Å²) in [4.78, 5) is 19.8. The molecule has 0 radical (unpaired) electrons. The predicted molar refractivity (Wildman–Crippen MR) is 114 cm³/mol. The molecule has 29 heavy (non-hydrogen) atoms. The topological polar surface area (TPSA) is 51.7 Å². The van der Waals surface area contributed by atoms with Crippen molar-refractivity contribution in [2.24, 2.45) is 5.92 Å². The zero-order valence-corrected chi connectivity index (χ0v) is 16.9. The van der Waals surface area contributed by atoms with E-state index in [9.17, 15) is 4.79 Å². The minimum absolute atomic E-state index is 0.00139. The number of likely N-dealkylation sites (tertiary alicyclic amines) is 1. The Labute approximate surface area is 171 Å². The molecule has 2 heterocycles. The Bertz CT molecular complexity index is 1010. The van der Waals surface area contributed by atoms with Gasteiger partial charge in [0, 0.05) is 42.4 Å². The minimum Gasteiger partial charge on any atom is -0.493 e. The molecule has 0 saturated carbocycles. The van der Waals surface area contributed by atoms with E-state index in [1.807, 2.05) is 18.5 Å². The summed E-state index contributed by atoms with van der Waals surface area (Å²) in [5.74, 6) is 1.41. The number of aromatic nitrogens is 1. The van der Waals surface area contributed by atoms with Gasteiger partial charge in [-0.2, -0.15) is 0 Å². The number of carbonyl (C=O) groups excluding carboxylic acids is 1. The fraction of sp³-hybridized carbons (Fsp3) is 0.333. The van der Waals surface area contributed by atoms with E-state index < -0.39 is 0 Å². The van der Waals surface area contributed by atoms with E-state index in [4.69, 9.17) is 9.47 Å². The fourth-order valence-corrected chi connectivity index (χ4v) is 4.21.